The number of aromatic nitrogens is 2. The first-order valence-corrected chi connectivity index (χ1v) is 13.6. The van der Waals surface area contributed by atoms with Crippen LogP contribution in [0, 0.1) is 5.92 Å². The van der Waals surface area contributed by atoms with Crippen molar-refractivity contribution in [3.8, 4) is 5.88 Å². The number of amides is 1. The zero-order chi connectivity index (χ0) is 26.8. The van der Waals surface area contributed by atoms with Gasteiger partial charge in [0.1, 0.15) is 12.4 Å². The molecular weight excluding hydrogens is 490 g/mol. The molecule has 0 radical (unpaired) electrons. The number of anilines is 2. The number of ether oxygens (including phenoxy) is 1. The molecule has 1 atom stereocenters. The summed E-state index contributed by atoms with van der Waals surface area (Å²) in [5.41, 5.74) is 1.93. The first kappa shape index (κ1) is 26.4. The Labute approximate surface area is 218 Å². The van der Waals surface area contributed by atoms with Gasteiger partial charge in [-0.1, -0.05) is 25.1 Å². The average molecular weight is 524 g/mol. The Bertz CT molecular complexity index is 1390. The van der Waals surface area contributed by atoms with Crippen molar-refractivity contribution in [1.29, 1.82) is 0 Å². The van der Waals surface area contributed by atoms with Crippen LogP contribution < -0.4 is 19.3 Å². The minimum absolute atomic E-state index is 0.139. The lowest BCUT2D eigenvalue weighted by Crippen LogP contribution is -2.41. The maximum Gasteiger partial charge on any atom is 0.281 e. The van der Waals surface area contributed by atoms with Crippen LogP contribution in [0.15, 0.2) is 65.8 Å². The van der Waals surface area contributed by atoms with Crippen LogP contribution in [0.25, 0.3) is 0 Å². The van der Waals surface area contributed by atoms with Crippen LogP contribution >= 0.6 is 0 Å². The number of benzene rings is 1. The standard InChI is InChI=1S/C27H33N5O4S/c1-19-16-27(2,3)32(17-19)25-22(11-8-14-28-25)26(33)30-37(34,35)24-13-7-12-23(29-24)36-18-20-9-6-10-21(15-20)31(4)5/h6-15,19H,16-18H2,1-5H3,(H,30,33). The van der Waals surface area contributed by atoms with E-state index < -0.39 is 15.9 Å². The largest absolute Gasteiger partial charge is 0.473 e. The van der Waals surface area contributed by atoms with Crippen molar-refractivity contribution >= 4 is 27.4 Å². The van der Waals surface area contributed by atoms with Gasteiger partial charge < -0.3 is 14.5 Å². The van der Waals surface area contributed by atoms with E-state index in [1.165, 1.54) is 12.1 Å². The number of carbonyl (C=O) groups is 1. The third-order valence-corrected chi connectivity index (χ3v) is 7.61. The number of hydrogen-bond acceptors (Lipinski definition) is 8. The Morgan fingerprint density at radius 3 is 2.62 bits per heavy atom. The molecule has 0 bridgehead atoms. The molecule has 0 saturated carbocycles. The van der Waals surface area contributed by atoms with Crippen LogP contribution in [0.1, 0.15) is 43.1 Å². The van der Waals surface area contributed by atoms with Gasteiger partial charge >= 0.3 is 0 Å². The highest BCUT2D eigenvalue weighted by Gasteiger charge is 2.39. The molecule has 3 aromatic rings. The molecule has 1 aliphatic heterocycles. The molecule has 1 unspecified atom stereocenters. The van der Waals surface area contributed by atoms with Crippen molar-refractivity contribution in [3.05, 3.63) is 71.9 Å². The van der Waals surface area contributed by atoms with E-state index in [2.05, 4.69) is 40.4 Å². The maximum atomic E-state index is 13.2. The number of rotatable bonds is 8. The number of pyridine rings is 2. The van der Waals surface area contributed by atoms with Gasteiger partial charge in [-0.2, -0.15) is 13.4 Å². The predicted molar refractivity (Wildman–Crippen MR) is 143 cm³/mol. The average Bonchev–Trinajstić information content (AvgIpc) is 3.14. The van der Waals surface area contributed by atoms with Gasteiger partial charge in [0.25, 0.3) is 15.9 Å². The molecule has 1 amide bonds. The monoisotopic (exact) mass is 523 g/mol. The normalized spacial score (nSPS) is 16.9. The van der Waals surface area contributed by atoms with Gasteiger partial charge in [-0.25, -0.2) is 9.71 Å². The maximum absolute atomic E-state index is 13.2. The molecule has 0 spiro atoms. The highest BCUT2D eigenvalue weighted by molar-refractivity contribution is 7.90. The minimum Gasteiger partial charge on any atom is -0.473 e. The third-order valence-electron chi connectivity index (χ3n) is 6.37. The van der Waals surface area contributed by atoms with Crippen LogP contribution in [0.2, 0.25) is 0 Å². The summed E-state index contributed by atoms with van der Waals surface area (Å²) in [4.78, 5) is 25.8. The molecule has 196 valence electrons. The highest BCUT2D eigenvalue weighted by Crippen LogP contribution is 2.37. The SMILES string of the molecule is CC1CN(c2ncccc2C(=O)NS(=O)(=O)c2cccc(OCc3cccc(N(C)C)c3)n2)C(C)(C)C1. The summed E-state index contributed by atoms with van der Waals surface area (Å²) in [5.74, 6) is 0.274. The van der Waals surface area contributed by atoms with Gasteiger partial charge in [-0.05, 0) is 62.1 Å². The summed E-state index contributed by atoms with van der Waals surface area (Å²) in [6, 6.07) is 15.4. The van der Waals surface area contributed by atoms with Gasteiger partial charge in [0.05, 0.1) is 5.56 Å². The van der Waals surface area contributed by atoms with Crippen LogP contribution in [-0.2, 0) is 16.6 Å². The van der Waals surface area contributed by atoms with E-state index in [0.29, 0.717) is 11.7 Å². The molecule has 2 aromatic heterocycles. The molecule has 1 aromatic carbocycles. The zero-order valence-corrected chi connectivity index (χ0v) is 22.6. The summed E-state index contributed by atoms with van der Waals surface area (Å²) < 4.78 is 34.1. The lowest BCUT2D eigenvalue weighted by atomic mass is 9.97. The first-order chi connectivity index (χ1) is 17.5. The van der Waals surface area contributed by atoms with Gasteiger partial charge in [0.2, 0.25) is 5.88 Å². The topological polar surface area (TPSA) is 105 Å². The van der Waals surface area contributed by atoms with Gasteiger partial charge in [-0.15, -0.1) is 0 Å². The summed E-state index contributed by atoms with van der Waals surface area (Å²) in [7, 11) is -0.355. The van der Waals surface area contributed by atoms with Gasteiger partial charge in [0, 0.05) is 44.1 Å². The second-order valence-electron chi connectivity index (χ2n) is 10.2. The molecule has 1 N–H and O–H groups in total. The van der Waals surface area contributed by atoms with Crippen LogP contribution in [0.4, 0.5) is 11.5 Å². The van der Waals surface area contributed by atoms with E-state index in [-0.39, 0.29) is 28.6 Å². The molecular formula is C27H33N5O4S. The Morgan fingerprint density at radius 1 is 1.16 bits per heavy atom. The molecule has 1 saturated heterocycles. The minimum atomic E-state index is -4.25. The molecule has 9 nitrogen and oxygen atoms in total. The lowest BCUT2D eigenvalue weighted by molar-refractivity contribution is 0.0981. The Hall–Kier alpha value is -3.66. The second-order valence-corrected chi connectivity index (χ2v) is 11.8. The summed E-state index contributed by atoms with van der Waals surface area (Å²) in [6.45, 7) is 7.28. The van der Waals surface area contributed by atoms with Crippen molar-refractivity contribution < 1.29 is 17.9 Å². The van der Waals surface area contributed by atoms with Crippen LogP contribution in [-0.4, -0.2) is 50.5 Å². The number of nitrogens with zero attached hydrogens (tertiary/aromatic N) is 4. The summed E-state index contributed by atoms with van der Waals surface area (Å²) in [6.07, 6.45) is 2.55. The van der Waals surface area contributed by atoms with E-state index in [1.807, 2.05) is 43.3 Å². The molecule has 10 heteroatoms. The Kier molecular flexibility index (Phi) is 7.40. The van der Waals surface area contributed by atoms with Crippen molar-refractivity contribution in [1.82, 2.24) is 14.7 Å². The molecule has 3 heterocycles. The third kappa shape index (κ3) is 6.02. The Balaban J connectivity index is 1.51. The number of nitrogens with one attached hydrogen (secondary N) is 1. The van der Waals surface area contributed by atoms with E-state index in [9.17, 15) is 13.2 Å². The van der Waals surface area contributed by atoms with E-state index >= 15 is 0 Å². The fourth-order valence-electron chi connectivity index (χ4n) is 4.69. The number of carbonyl (C=O) groups excluding carboxylic acids is 1. The van der Waals surface area contributed by atoms with Gasteiger partial charge in [-0.3, -0.25) is 4.79 Å². The summed E-state index contributed by atoms with van der Waals surface area (Å²) in [5, 5.41) is -0.305. The van der Waals surface area contributed by atoms with E-state index in [4.69, 9.17) is 4.74 Å². The van der Waals surface area contributed by atoms with Crippen LogP contribution in [0.3, 0.4) is 0 Å². The first-order valence-electron chi connectivity index (χ1n) is 12.1. The predicted octanol–water partition coefficient (Wildman–Crippen LogP) is 3.87. The molecule has 4 rings (SSSR count). The number of sulfonamides is 1. The van der Waals surface area contributed by atoms with E-state index in [0.717, 1.165) is 24.2 Å². The Morgan fingerprint density at radius 2 is 1.92 bits per heavy atom. The smallest absolute Gasteiger partial charge is 0.281 e. The molecule has 1 aliphatic rings. The molecule has 37 heavy (non-hydrogen) atoms. The van der Waals surface area contributed by atoms with Crippen LogP contribution in [0.5, 0.6) is 5.88 Å². The van der Waals surface area contributed by atoms with Crippen molar-refractivity contribution in [3.63, 3.8) is 0 Å². The second kappa shape index (κ2) is 10.4. The number of hydrogen-bond donors (Lipinski definition) is 1. The van der Waals surface area contributed by atoms with Gasteiger partial charge in [0.15, 0.2) is 5.03 Å². The molecule has 0 aliphatic carbocycles. The quantitative estimate of drug-likeness (QED) is 0.475. The summed E-state index contributed by atoms with van der Waals surface area (Å²) >= 11 is 0. The lowest BCUT2D eigenvalue weighted by Gasteiger charge is -2.33. The van der Waals surface area contributed by atoms with Crippen molar-refractivity contribution in [2.75, 3.05) is 30.4 Å². The highest BCUT2D eigenvalue weighted by atomic mass is 32.2. The zero-order valence-electron chi connectivity index (χ0n) is 21.8. The fraction of sp³-hybridized carbons (Fsp3) is 0.370. The van der Waals surface area contributed by atoms with Crippen molar-refractivity contribution in [2.45, 2.75) is 44.4 Å². The molecule has 1 fully saturated rings. The fourth-order valence-corrected chi connectivity index (χ4v) is 5.61. The van der Waals surface area contributed by atoms with Crippen molar-refractivity contribution in [2.24, 2.45) is 5.92 Å². The van der Waals surface area contributed by atoms with E-state index in [1.54, 1.807) is 24.4 Å².